The molecule has 0 saturated carbocycles. The Kier molecular flexibility index (Phi) is 16.1. The van der Waals surface area contributed by atoms with Crippen molar-refractivity contribution in [2.45, 2.75) is 13.8 Å². The smallest absolute Gasteiger partial charge is 0.748 e. The first kappa shape index (κ1) is 39.3. The number of pyridine rings is 2. The molecule has 0 aliphatic rings. The zero-order valence-corrected chi connectivity index (χ0v) is 29.4. The second-order valence-corrected chi connectivity index (χ2v) is 11.4. The van der Waals surface area contributed by atoms with Crippen LogP contribution in [-0.4, -0.2) is 53.9 Å². The Morgan fingerprint density at radius 3 is 1.10 bits per heavy atom. The fourth-order valence-electron chi connectivity index (χ4n) is 3.94. The molecule has 2 N–H and O–H groups in total. The Balaban J connectivity index is 0.00000107. The molecule has 41 heavy (non-hydrogen) atoms. The van der Waals surface area contributed by atoms with Gasteiger partial charge in [0.25, 0.3) is 0 Å². The van der Waals surface area contributed by atoms with E-state index in [4.69, 9.17) is 35.9 Å². The van der Waals surface area contributed by atoms with Crippen LogP contribution in [0.1, 0.15) is 11.4 Å². The largest absolute Gasteiger partial charge is 1.00 e. The maximum absolute atomic E-state index is 9.08. The molecule has 2 aromatic heterocycles. The maximum atomic E-state index is 9.08. The van der Waals surface area contributed by atoms with Gasteiger partial charge in [-0.3, -0.25) is 9.97 Å². The molecule has 206 valence electrons. The van der Waals surface area contributed by atoms with Gasteiger partial charge in [-0.25, -0.2) is 16.8 Å². The van der Waals surface area contributed by atoms with Crippen LogP contribution in [0.4, 0.5) is 0 Å². The number of fused-ring (bicyclic) bond motifs is 3. The molecule has 5 rings (SSSR count). The fourth-order valence-corrected chi connectivity index (χ4v) is 3.94. The molecule has 0 unspecified atom stereocenters. The van der Waals surface area contributed by atoms with Crippen molar-refractivity contribution in [2.24, 2.45) is 0 Å². The Labute approximate surface area is 284 Å². The van der Waals surface area contributed by atoms with E-state index in [1.54, 1.807) is 0 Å². The third-order valence-corrected chi connectivity index (χ3v) is 5.18. The Bertz CT molecular complexity index is 1650. The Morgan fingerprint density at radius 2 is 0.829 bits per heavy atom. The van der Waals surface area contributed by atoms with Crippen LogP contribution in [-0.2, 0) is 20.2 Å². The van der Waals surface area contributed by atoms with Crippen molar-refractivity contribution in [1.82, 2.24) is 9.97 Å². The van der Waals surface area contributed by atoms with Crippen LogP contribution in [0.15, 0.2) is 84.9 Å². The Morgan fingerprint density at radius 1 is 0.561 bits per heavy atom. The van der Waals surface area contributed by atoms with E-state index in [0.717, 1.165) is 33.2 Å². The van der Waals surface area contributed by atoms with Crippen molar-refractivity contribution >= 4 is 42.0 Å². The van der Waals surface area contributed by atoms with E-state index < -0.39 is 20.2 Å². The molecular weight excluding hydrogens is 586 g/mol. The van der Waals surface area contributed by atoms with Gasteiger partial charge in [-0.2, -0.15) is 0 Å². The summed E-state index contributed by atoms with van der Waals surface area (Å²) in [6.45, 7) is 4.11. The van der Waals surface area contributed by atoms with E-state index in [2.05, 4.69) is 86.6 Å². The van der Waals surface area contributed by atoms with Crippen molar-refractivity contribution in [3.05, 3.63) is 96.3 Å². The van der Waals surface area contributed by atoms with Gasteiger partial charge in [0.05, 0.1) is 31.3 Å². The summed E-state index contributed by atoms with van der Waals surface area (Å²) in [6.07, 6.45) is 1.21. The molecule has 0 aliphatic heterocycles. The standard InChI is InChI=1S/C26H20N2.2CH4O3S.2Na.H2O/c1-17-15-23(19-9-5-3-6-10-19)21-13-14-22-24(20-11-7-4-8-12-20)16-18(2)28-26(22)25(21)27-17;2*1-5(2,3)4;;;/h3-16H,1-2H3;2*1H3,(H,2,3,4);;;1H2/q;;;2*+1;/p-2. The van der Waals surface area contributed by atoms with Crippen molar-refractivity contribution in [3.63, 3.8) is 0 Å². The zero-order chi connectivity index (χ0) is 28.1. The van der Waals surface area contributed by atoms with E-state index in [1.807, 2.05) is 12.1 Å². The molecule has 0 spiro atoms. The number of hydrogen-bond donors (Lipinski definition) is 0. The molecule has 0 amide bonds. The van der Waals surface area contributed by atoms with Gasteiger partial charge in [0.1, 0.15) is 0 Å². The molecule has 2 heterocycles. The van der Waals surface area contributed by atoms with E-state index in [1.165, 1.54) is 22.3 Å². The number of aryl methyl sites for hydroxylation is 2. The van der Waals surface area contributed by atoms with E-state index in [0.29, 0.717) is 12.5 Å². The number of rotatable bonds is 2. The third-order valence-electron chi connectivity index (χ3n) is 5.18. The topological polar surface area (TPSA) is 172 Å². The summed E-state index contributed by atoms with van der Waals surface area (Å²) in [5.74, 6) is 0. The van der Waals surface area contributed by atoms with Gasteiger partial charge in [-0.05, 0) is 48.2 Å². The molecule has 5 aromatic rings. The van der Waals surface area contributed by atoms with Gasteiger partial charge in [-0.15, -0.1) is 0 Å². The van der Waals surface area contributed by atoms with E-state index in [9.17, 15) is 0 Å². The van der Waals surface area contributed by atoms with Gasteiger partial charge in [0.2, 0.25) is 0 Å². The van der Waals surface area contributed by atoms with Crippen LogP contribution < -0.4 is 59.1 Å². The van der Waals surface area contributed by atoms with Crippen LogP contribution in [0, 0.1) is 13.8 Å². The summed E-state index contributed by atoms with van der Waals surface area (Å²) in [7, 11) is -7.83. The molecule has 13 heteroatoms. The van der Waals surface area contributed by atoms with Crippen LogP contribution in [0.3, 0.4) is 0 Å². The predicted octanol–water partition coefficient (Wildman–Crippen LogP) is -1.76. The zero-order valence-electron chi connectivity index (χ0n) is 23.7. The van der Waals surface area contributed by atoms with Crippen LogP contribution in [0.25, 0.3) is 44.1 Å². The SMILES string of the molecule is CS(=O)(=O)[O-].CS(=O)(=O)[O-].Cc1cc(-c2ccccc2)c2ccc3c(-c4ccccc4)cc(C)nc3c2n1.O.[Na+].[Na+]. The van der Waals surface area contributed by atoms with Crippen LogP contribution >= 0.6 is 0 Å². The monoisotopic (exact) mass is 614 g/mol. The van der Waals surface area contributed by atoms with Crippen LogP contribution in [0.2, 0.25) is 0 Å². The number of aromatic nitrogens is 2. The van der Waals surface area contributed by atoms with Crippen molar-refractivity contribution in [2.75, 3.05) is 12.5 Å². The summed E-state index contributed by atoms with van der Waals surface area (Å²) < 4.78 is 54.5. The molecule has 0 saturated heterocycles. The van der Waals surface area contributed by atoms with Crippen LogP contribution in [0.5, 0.6) is 0 Å². The van der Waals surface area contributed by atoms with Crippen molar-refractivity contribution in [1.29, 1.82) is 0 Å². The predicted molar refractivity (Wildman–Crippen MR) is 152 cm³/mol. The maximum Gasteiger partial charge on any atom is 1.00 e. The molecule has 0 aliphatic carbocycles. The van der Waals surface area contributed by atoms with Gasteiger partial charge < -0.3 is 14.6 Å². The van der Waals surface area contributed by atoms with E-state index >= 15 is 0 Å². The molecule has 0 fully saturated rings. The minimum atomic E-state index is -3.92. The number of hydrogen-bond acceptors (Lipinski definition) is 8. The van der Waals surface area contributed by atoms with Gasteiger partial charge >= 0.3 is 59.1 Å². The first-order valence-electron chi connectivity index (χ1n) is 11.3. The third kappa shape index (κ3) is 12.6. The van der Waals surface area contributed by atoms with Gasteiger partial charge in [0, 0.05) is 34.7 Å². The normalized spacial score (nSPS) is 10.5. The van der Waals surface area contributed by atoms with Gasteiger partial charge in [0.15, 0.2) is 0 Å². The summed E-state index contributed by atoms with van der Waals surface area (Å²) in [4.78, 5) is 9.81. The van der Waals surface area contributed by atoms with E-state index in [-0.39, 0.29) is 64.6 Å². The quantitative estimate of drug-likeness (QED) is 0.128. The molecule has 0 atom stereocenters. The first-order chi connectivity index (χ1) is 17.7. The molecule has 3 aromatic carbocycles. The first-order valence-corrected chi connectivity index (χ1v) is 15.0. The second-order valence-electron chi connectivity index (χ2n) is 8.62. The second kappa shape index (κ2) is 16.8. The summed E-state index contributed by atoms with van der Waals surface area (Å²) >= 11 is 0. The molecule has 0 radical (unpaired) electrons. The Hall–Kier alpha value is -1.74. The summed E-state index contributed by atoms with van der Waals surface area (Å²) in [6, 6.07) is 29.7. The molecule has 0 bridgehead atoms. The molecular formula is C28H28N2Na2O7S2. The minimum absolute atomic E-state index is 0. The minimum Gasteiger partial charge on any atom is -0.748 e. The number of benzene rings is 3. The van der Waals surface area contributed by atoms with Crippen molar-refractivity contribution in [3.8, 4) is 22.3 Å². The summed E-state index contributed by atoms with van der Waals surface area (Å²) in [5.41, 5.74) is 8.76. The average molecular weight is 615 g/mol. The number of nitrogens with zero attached hydrogens (tertiary/aromatic N) is 2. The fraction of sp³-hybridized carbons (Fsp3) is 0.143. The van der Waals surface area contributed by atoms with Crippen molar-refractivity contribution < 1.29 is 90.5 Å². The van der Waals surface area contributed by atoms with Gasteiger partial charge in [-0.1, -0.05) is 72.8 Å². The average Bonchev–Trinajstić information content (AvgIpc) is 2.82. The molecule has 9 nitrogen and oxygen atoms in total. The summed E-state index contributed by atoms with van der Waals surface area (Å²) in [5, 5.41) is 2.28.